The Bertz CT molecular complexity index is 409. The molecule has 0 aliphatic carbocycles. The highest BCUT2D eigenvalue weighted by atomic mass is 127. The summed E-state index contributed by atoms with van der Waals surface area (Å²) in [5.74, 6) is 0. The van der Waals surface area contributed by atoms with Crippen LogP contribution in [0.15, 0.2) is 12.1 Å². The highest BCUT2D eigenvalue weighted by Crippen LogP contribution is 2.46. The van der Waals surface area contributed by atoms with Crippen molar-refractivity contribution < 1.29 is 0 Å². The van der Waals surface area contributed by atoms with Gasteiger partial charge in [-0.3, -0.25) is 0 Å². The molecule has 1 aromatic rings. The predicted octanol–water partition coefficient (Wildman–Crippen LogP) is 4.04. The molecule has 1 aromatic carbocycles. The number of aryl methyl sites for hydroxylation is 1. The molecule has 1 atom stereocenters. The molecule has 1 aliphatic heterocycles. The number of likely N-dealkylation sites (N-methyl/N-ethyl adjacent to an activating group) is 1. The van der Waals surface area contributed by atoms with E-state index in [-0.39, 0.29) is 29.4 Å². The summed E-state index contributed by atoms with van der Waals surface area (Å²) < 4.78 is 0. The van der Waals surface area contributed by atoms with Gasteiger partial charge in [-0.1, -0.05) is 19.9 Å². The molecular formula is C14H22IN. The number of halogens is 1. The maximum atomic E-state index is 2.40. The molecular weight excluding hydrogens is 309 g/mol. The second-order valence-electron chi connectivity index (χ2n) is 5.41. The van der Waals surface area contributed by atoms with Crippen LogP contribution in [-0.4, -0.2) is 13.1 Å². The minimum atomic E-state index is 0. The molecule has 1 nitrogen and oxygen atoms in total. The SMILES string of the molecule is Cc1ccc2c(c1C)C(C)(C)C(C)N2C.I. The number of rotatable bonds is 0. The quantitative estimate of drug-likeness (QED) is 0.649. The van der Waals surface area contributed by atoms with Crippen LogP contribution in [0.2, 0.25) is 0 Å². The molecule has 1 aliphatic rings. The number of anilines is 1. The van der Waals surface area contributed by atoms with E-state index in [4.69, 9.17) is 0 Å². The van der Waals surface area contributed by atoms with Crippen LogP contribution in [0, 0.1) is 13.8 Å². The van der Waals surface area contributed by atoms with Crippen molar-refractivity contribution in [2.75, 3.05) is 11.9 Å². The number of nitrogens with zero attached hydrogens (tertiary/aromatic N) is 1. The van der Waals surface area contributed by atoms with Gasteiger partial charge in [0, 0.05) is 24.2 Å². The van der Waals surface area contributed by atoms with Crippen LogP contribution >= 0.6 is 24.0 Å². The average molecular weight is 331 g/mol. The van der Waals surface area contributed by atoms with Crippen LogP contribution in [0.5, 0.6) is 0 Å². The fourth-order valence-electron chi connectivity index (χ4n) is 2.81. The van der Waals surface area contributed by atoms with E-state index in [1.165, 1.54) is 22.4 Å². The van der Waals surface area contributed by atoms with Crippen molar-refractivity contribution in [2.45, 2.75) is 46.1 Å². The zero-order valence-corrected chi connectivity index (χ0v) is 13.4. The third kappa shape index (κ3) is 1.66. The van der Waals surface area contributed by atoms with Gasteiger partial charge in [0.15, 0.2) is 0 Å². The van der Waals surface area contributed by atoms with Crippen LogP contribution in [0.3, 0.4) is 0 Å². The van der Waals surface area contributed by atoms with Gasteiger partial charge in [0.2, 0.25) is 0 Å². The Morgan fingerprint density at radius 3 is 2.31 bits per heavy atom. The Labute approximate surface area is 116 Å². The molecule has 16 heavy (non-hydrogen) atoms. The molecule has 2 rings (SSSR count). The van der Waals surface area contributed by atoms with Gasteiger partial charge in [-0.05, 0) is 43.5 Å². The molecule has 0 amide bonds. The van der Waals surface area contributed by atoms with Gasteiger partial charge in [0.25, 0.3) is 0 Å². The van der Waals surface area contributed by atoms with Crippen molar-refractivity contribution in [2.24, 2.45) is 0 Å². The molecule has 0 bridgehead atoms. The van der Waals surface area contributed by atoms with Crippen molar-refractivity contribution in [3.05, 3.63) is 28.8 Å². The van der Waals surface area contributed by atoms with Gasteiger partial charge in [-0.25, -0.2) is 0 Å². The molecule has 0 N–H and O–H groups in total. The largest absolute Gasteiger partial charge is 0.371 e. The topological polar surface area (TPSA) is 3.24 Å². The van der Waals surface area contributed by atoms with Crippen molar-refractivity contribution in [1.29, 1.82) is 0 Å². The third-order valence-corrected chi connectivity index (χ3v) is 4.36. The number of hydrogen-bond acceptors (Lipinski definition) is 1. The van der Waals surface area contributed by atoms with Crippen LogP contribution in [0.1, 0.15) is 37.5 Å². The normalized spacial score (nSPS) is 21.6. The van der Waals surface area contributed by atoms with Crippen molar-refractivity contribution in [1.82, 2.24) is 0 Å². The van der Waals surface area contributed by atoms with E-state index < -0.39 is 0 Å². The lowest BCUT2D eigenvalue weighted by Gasteiger charge is -2.29. The minimum Gasteiger partial charge on any atom is -0.371 e. The van der Waals surface area contributed by atoms with Crippen molar-refractivity contribution >= 4 is 29.7 Å². The van der Waals surface area contributed by atoms with Crippen LogP contribution < -0.4 is 4.90 Å². The first-order valence-electron chi connectivity index (χ1n) is 5.71. The Morgan fingerprint density at radius 2 is 1.75 bits per heavy atom. The Hall–Kier alpha value is -0.250. The second kappa shape index (κ2) is 4.21. The molecule has 0 saturated heterocycles. The number of benzene rings is 1. The summed E-state index contributed by atoms with van der Waals surface area (Å²) in [6.45, 7) is 11.5. The summed E-state index contributed by atoms with van der Waals surface area (Å²) >= 11 is 0. The average Bonchev–Trinajstić information content (AvgIpc) is 2.34. The van der Waals surface area contributed by atoms with Crippen LogP contribution in [0.4, 0.5) is 5.69 Å². The second-order valence-corrected chi connectivity index (χ2v) is 5.41. The van der Waals surface area contributed by atoms with E-state index in [0.29, 0.717) is 6.04 Å². The molecule has 0 aromatic heterocycles. The molecule has 1 unspecified atom stereocenters. The van der Waals surface area contributed by atoms with E-state index >= 15 is 0 Å². The summed E-state index contributed by atoms with van der Waals surface area (Å²) in [5, 5.41) is 0. The Morgan fingerprint density at radius 1 is 1.19 bits per heavy atom. The Balaban J connectivity index is 0.00000128. The van der Waals surface area contributed by atoms with E-state index in [0.717, 1.165) is 0 Å². The van der Waals surface area contributed by atoms with Gasteiger partial charge < -0.3 is 4.90 Å². The molecule has 0 radical (unpaired) electrons. The van der Waals surface area contributed by atoms with Crippen LogP contribution in [0.25, 0.3) is 0 Å². The molecule has 1 heterocycles. The zero-order valence-electron chi connectivity index (χ0n) is 11.1. The number of hydrogen-bond donors (Lipinski definition) is 0. The maximum Gasteiger partial charge on any atom is 0.0408 e. The minimum absolute atomic E-state index is 0. The summed E-state index contributed by atoms with van der Waals surface area (Å²) in [7, 11) is 2.20. The Kier molecular flexibility index (Phi) is 3.63. The first-order chi connectivity index (χ1) is 6.87. The van der Waals surface area contributed by atoms with Gasteiger partial charge in [0.1, 0.15) is 0 Å². The molecule has 90 valence electrons. The third-order valence-electron chi connectivity index (χ3n) is 4.36. The lowest BCUT2D eigenvalue weighted by atomic mass is 9.78. The first kappa shape index (κ1) is 13.8. The first-order valence-corrected chi connectivity index (χ1v) is 5.71. The zero-order chi connectivity index (χ0) is 11.4. The highest BCUT2D eigenvalue weighted by molar-refractivity contribution is 14.0. The van der Waals surface area contributed by atoms with E-state index in [1.54, 1.807) is 0 Å². The summed E-state index contributed by atoms with van der Waals surface area (Å²) in [6.07, 6.45) is 0. The molecule has 0 fully saturated rings. The standard InChI is InChI=1S/C14H21N.HI/c1-9-7-8-12-13(10(9)2)14(4,5)11(3)15(12)6;/h7-8,11H,1-6H3;1H. The maximum absolute atomic E-state index is 2.40. The summed E-state index contributed by atoms with van der Waals surface area (Å²) in [4.78, 5) is 2.40. The fraction of sp³-hybridized carbons (Fsp3) is 0.571. The van der Waals surface area contributed by atoms with E-state index in [1.807, 2.05) is 0 Å². The summed E-state index contributed by atoms with van der Waals surface area (Å²) in [6, 6.07) is 5.08. The van der Waals surface area contributed by atoms with Crippen LogP contribution in [-0.2, 0) is 5.41 Å². The number of fused-ring (bicyclic) bond motifs is 1. The van der Waals surface area contributed by atoms with Crippen molar-refractivity contribution in [3.63, 3.8) is 0 Å². The van der Waals surface area contributed by atoms with Gasteiger partial charge >= 0.3 is 0 Å². The smallest absolute Gasteiger partial charge is 0.0408 e. The molecule has 0 spiro atoms. The highest BCUT2D eigenvalue weighted by Gasteiger charge is 2.41. The van der Waals surface area contributed by atoms with E-state index in [2.05, 4.69) is 58.7 Å². The van der Waals surface area contributed by atoms with E-state index in [9.17, 15) is 0 Å². The lowest BCUT2D eigenvalue weighted by Crippen LogP contribution is -2.36. The predicted molar refractivity (Wildman–Crippen MR) is 82.2 cm³/mol. The fourth-order valence-corrected chi connectivity index (χ4v) is 2.81. The summed E-state index contributed by atoms with van der Waals surface area (Å²) in [5.41, 5.74) is 6.09. The van der Waals surface area contributed by atoms with Gasteiger partial charge in [0.05, 0.1) is 0 Å². The molecule has 2 heteroatoms. The van der Waals surface area contributed by atoms with Gasteiger partial charge in [-0.15, -0.1) is 24.0 Å². The molecule has 0 saturated carbocycles. The van der Waals surface area contributed by atoms with Gasteiger partial charge in [-0.2, -0.15) is 0 Å². The monoisotopic (exact) mass is 331 g/mol. The van der Waals surface area contributed by atoms with Crippen molar-refractivity contribution in [3.8, 4) is 0 Å². The lowest BCUT2D eigenvalue weighted by molar-refractivity contribution is 0.452.